The molecule has 2 aromatic carbocycles. The Hall–Kier alpha value is -3.05. The van der Waals surface area contributed by atoms with Gasteiger partial charge in [-0.1, -0.05) is 74.0 Å². The number of amides is 2. The van der Waals surface area contributed by atoms with Crippen molar-refractivity contribution in [1.82, 2.24) is 14.4 Å². The maximum Gasteiger partial charge on any atom is 0.242 e. The van der Waals surface area contributed by atoms with Crippen LogP contribution in [0, 0.1) is 5.92 Å². The van der Waals surface area contributed by atoms with Gasteiger partial charge in [0.25, 0.3) is 0 Å². The lowest BCUT2D eigenvalue weighted by Crippen LogP contribution is -2.46. The number of aryl methyl sites for hydroxylation is 1. The molecule has 0 radical (unpaired) electrons. The molecule has 1 heterocycles. The summed E-state index contributed by atoms with van der Waals surface area (Å²) in [5, 5.41) is 0.730. The summed E-state index contributed by atoms with van der Waals surface area (Å²) < 4.78 is 2.13. The number of carbonyl (C=O) groups excluding carboxylic acids is 2. The van der Waals surface area contributed by atoms with E-state index in [4.69, 9.17) is 11.6 Å². The van der Waals surface area contributed by atoms with Crippen LogP contribution in [0.4, 0.5) is 0 Å². The maximum atomic E-state index is 13.5. The van der Waals surface area contributed by atoms with Crippen molar-refractivity contribution in [3.63, 3.8) is 0 Å². The Labute approximate surface area is 220 Å². The summed E-state index contributed by atoms with van der Waals surface area (Å²) in [6, 6.07) is 21.8. The van der Waals surface area contributed by atoms with Crippen LogP contribution in [0.5, 0.6) is 0 Å². The van der Waals surface area contributed by atoms with Crippen LogP contribution in [0.15, 0.2) is 72.9 Å². The second-order valence-electron chi connectivity index (χ2n) is 9.99. The number of benzene rings is 2. The van der Waals surface area contributed by atoms with Crippen molar-refractivity contribution >= 4 is 23.4 Å². The summed E-state index contributed by atoms with van der Waals surface area (Å²) >= 11 is 6.38. The van der Waals surface area contributed by atoms with E-state index in [1.165, 1.54) is 0 Å². The van der Waals surface area contributed by atoms with Crippen molar-refractivity contribution in [3.05, 3.63) is 94.8 Å². The highest BCUT2D eigenvalue weighted by atomic mass is 35.5. The van der Waals surface area contributed by atoms with E-state index in [0.29, 0.717) is 38.4 Å². The van der Waals surface area contributed by atoms with E-state index in [1.807, 2.05) is 91.7 Å². The van der Waals surface area contributed by atoms with Gasteiger partial charge in [0.1, 0.15) is 0 Å². The summed E-state index contributed by atoms with van der Waals surface area (Å²) in [7, 11) is 0. The van der Waals surface area contributed by atoms with Crippen molar-refractivity contribution in [3.8, 4) is 0 Å². The first-order chi connectivity index (χ1) is 17.2. The fourth-order valence-electron chi connectivity index (χ4n) is 4.29. The van der Waals surface area contributed by atoms with E-state index in [1.54, 1.807) is 4.90 Å². The van der Waals surface area contributed by atoms with Crippen LogP contribution < -0.4 is 0 Å². The van der Waals surface area contributed by atoms with E-state index >= 15 is 0 Å². The van der Waals surface area contributed by atoms with Gasteiger partial charge in [-0.3, -0.25) is 9.59 Å². The van der Waals surface area contributed by atoms with Crippen molar-refractivity contribution in [2.75, 3.05) is 13.1 Å². The predicted octanol–water partition coefficient (Wildman–Crippen LogP) is 6.04. The van der Waals surface area contributed by atoms with E-state index in [9.17, 15) is 9.59 Å². The van der Waals surface area contributed by atoms with Gasteiger partial charge in [-0.05, 0) is 55.5 Å². The highest BCUT2D eigenvalue weighted by Gasteiger charge is 2.24. The van der Waals surface area contributed by atoms with Gasteiger partial charge in [0.05, 0.1) is 13.1 Å². The molecule has 6 heteroatoms. The third-order valence-corrected chi connectivity index (χ3v) is 6.60. The third-order valence-electron chi connectivity index (χ3n) is 6.23. The third kappa shape index (κ3) is 7.99. The Morgan fingerprint density at radius 1 is 0.889 bits per heavy atom. The zero-order valence-corrected chi connectivity index (χ0v) is 22.6. The Kier molecular flexibility index (Phi) is 10.2. The molecular weight excluding hydrogens is 470 g/mol. The van der Waals surface area contributed by atoms with E-state index in [-0.39, 0.29) is 24.4 Å². The minimum absolute atomic E-state index is 0.00814. The van der Waals surface area contributed by atoms with Gasteiger partial charge in [-0.25, -0.2) is 0 Å². The predicted molar refractivity (Wildman–Crippen MR) is 147 cm³/mol. The van der Waals surface area contributed by atoms with Gasteiger partial charge >= 0.3 is 0 Å². The summed E-state index contributed by atoms with van der Waals surface area (Å²) in [6.07, 6.45) is 3.08. The zero-order valence-electron chi connectivity index (χ0n) is 21.9. The summed E-state index contributed by atoms with van der Waals surface area (Å²) in [5.74, 6) is 0.284. The Morgan fingerprint density at radius 2 is 1.58 bits per heavy atom. The van der Waals surface area contributed by atoms with Gasteiger partial charge in [0.15, 0.2) is 0 Å². The van der Waals surface area contributed by atoms with Gasteiger partial charge in [0.2, 0.25) is 11.8 Å². The van der Waals surface area contributed by atoms with Crippen LogP contribution in [0.3, 0.4) is 0 Å². The molecule has 3 aromatic rings. The lowest BCUT2D eigenvalue weighted by molar-refractivity contribution is -0.142. The standard InChI is InChI=1S/C30H38ClN3O2/c1-23(2)19-33(21-27-14-10-18-32(27)20-26-13-8-9-15-28(26)31)30(36)22-34(24(3)4)29(35)17-16-25-11-6-5-7-12-25/h5-15,18,23-24H,16-17,19-22H2,1-4H3. The fourth-order valence-corrected chi connectivity index (χ4v) is 4.49. The Bertz CT molecular complexity index is 1120. The van der Waals surface area contributed by atoms with Crippen LogP contribution in [-0.4, -0.2) is 45.3 Å². The van der Waals surface area contributed by atoms with Crippen molar-refractivity contribution in [2.24, 2.45) is 5.92 Å². The summed E-state index contributed by atoms with van der Waals surface area (Å²) in [6.45, 7) is 9.98. The average Bonchev–Trinajstić information content (AvgIpc) is 3.28. The molecule has 0 aliphatic heterocycles. The first-order valence-corrected chi connectivity index (χ1v) is 13.1. The molecule has 3 rings (SSSR count). The molecular formula is C30H38ClN3O2. The number of hydrogen-bond acceptors (Lipinski definition) is 2. The first kappa shape index (κ1) is 27.5. The van der Waals surface area contributed by atoms with E-state index in [2.05, 4.69) is 18.4 Å². The SMILES string of the molecule is CC(C)CN(Cc1cccn1Cc1ccccc1Cl)C(=O)CN(C(=O)CCc1ccccc1)C(C)C. The molecule has 192 valence electrons. The molecule has 0 spiro atoms. The largest absolute Gasteiger partial charge is 0.345 e. The molecule has 2 amide bonds. The molecule has 0 bridgehead atoms. The van der Waals surface area contributed by atoms with E-state index < -0.39 is 0 Å². The number of hydrogen-bond donors (Lipinski definition) is 0. The highest BCUT2D eigenvalue weighted by molar-refractivity contribution is 6.31. The maximum absolute atomic E-state index is 13.5. The molecule has 0 aliphatic carbocycles. The lowest BCUT2D eigenvalue weighted by atomic mass is 10.1. The van der Waals surface area contributed by atoms with Crippen LogP contribution in [-0.2, 0) is 29.1 Å². The molecule has 0 unspecified atom stereocenters. The topological polar surface area (TPSA) is 45.6 Å². The molecule has 0 N–H and O–H groups in total. The van der Waals surface area contributed by atoms with Crippen LogP contribution in [0.1, 0.15) is 50.9 Å². The lowest BCUT2D eigenvalue weighted by Gasteiger charge is -2.31. The average molecular weight is 508 g/mol. The normalized spacial score (nSPS) is 11.2. The van der Waals surface area contributed by atoms with Crippen molar-refractivity contribution in [1.29, 1.82) is 0 Å². The van der Waals surface area contributed by atoms with Gasteiger partial charge in [-0.2, -0.15) is 0 Å². The second kappa shape index (κ2) is 13.3. The Balaban J connectivity index is 1.70. The molecule has 0 saturated heterocycles. The molecule has 0 fully saturated rings. The number of nitrogens with zero attached hydrogens (tertiary/aromatic N) is 3. The molecule has 36 heavy (non-hydrogen) atoms. The van der Waals surface area contributed by atoms with Gasteiger partial charge in [0, 0.05) is 42.5 Å². The highest BCUT2D eigenvalue weighted by Crippen LogP contribution is 2.19. The minimum atomic E-state index is -0.0535. The molecule has 0 saturated carbocycles. The number of rotatable bonds is 12. The quantitative estimate of drug-likeness (QED) is 0.300. The fraction of sp³-hybridized carbons (Fsp3) is 0.400. The molecule has 0 atom stereocenters. The second-order valence-corrected chi connectivity index (χ2v) is 10.4. The monoisotopic (exact) mass is 507 g/mol. The van der Waals surface area contributed by atoms with Crippen LogP contribution in [0.25, 0.3) is 0 Å². The van der Waals surface area contributed by atoms with Crippen molar-refractivity contribution < 1.29 is 9.59 Å². The van der Waals surface area contributed by atoms with Crippen molar-refractivity contribution in [2.45, 2.75) is 59.7 Å². The molecule has 1 aromatic heterocycles. The van der Waals surface area contributed by atoms with Crippen LogP contribution in [0.2, 0.25) is 5.02 Å². The van der Waals surface area contributed by atoms with Crippen LogP contribution >= 0.6 is 11.6 Å². The van der Waals surface area contributed by atoms with Gasteiger partial charge < -0.3 is 14.4 Å². The zero-order chi connectivity index (χ0) is 26.1. The number of aromatic nitrogens is 1. The molecule has 0 aliphatic rings. The number of halogens is 1. The molecule has 5 nitrogen and oxygen atoms in total. The summed E-state index contributed by atoms with van der Waals surface area (Å²) in [4.78, 5) is 30.2. The van der Waals surface area contributed by atoms with E-state index in [0.717, 1.165) is 21.8 Å². The van der Waals surface area contributed by atoms with Gasteiger partial charge in [-0.15, -0.1) is 0 Å². The summed E-state index contributed by atoms with van der Waals surface area (Å²) in [5.41, 5.74) is 3.20. The minimum Gasteiger partial charge on any atom is -0.345 e. The number of carbonyl (C=O) groups is 2. The first-order valence-electron chi connectivity index (χ1n) is 12.7. The Morgan fingerprint density at radius 3 is 2.25 bits per heavy atom. The smallest absolute Gasteiger partial charge is 0.242 e.